The number of rotatable bonds is 8. The number of carbonyl (C=O) groups is 2. The molecule has 0 radical (unpaired) electrons. The van der Waals surface area contributed by atoms with Crippen molar-refractivity contribution in [2.45, 2.75) is 6.42 Å². The van der Waals surface area contributed by atoms with Gasteiger partial charge in [-0.1, -0.05) is 13.2 Å². The highest BCUT2D eigenvalue weighted by Crippen LogP contribution is 1.97. The lowest BCUT2D eigenvalue weighted by Crippen LogP contribution is -2.18. The normalized spacial score (nSPS) is 10.7. The van der Waals surface area contributed by atoms with Crippen LogP contribution in [0.5, 0.6) is 0 Å². The molecule has 0 aromatic heterocycles. The molecule has 84 valence electrons. The van der Waals surface area contributed by atoms with Crippen molar-refractivity contribution in [3.8, 4) is 0 Å². The molecule has 0 aliphatic rings. The maximum Gasteiger partial charge on any atom is 0.274 e. The Balaban J connectivity index is 4.05. The molecule has 0 amide bonds. The summed E-state index contributed by atoms with van der Waals surface area (Å²) < 4.78 is 26.5. The smallest absolute Gasteiger partial charge is 0.274 e. The van der Waals surface area contributed by atoms with E-state index < -0.39 is 21.7 Å². The highest BCUT2D eigenvalue weighted by molar-refractivity contribution is 7.87. The highest BCUT2D eigenvalue weighted by Gasteiger charge is 2.15. The van der Waals surface area contributed by atoms with Crippen molar-refractivity contribution in [1.29, 1.82) is 0 Å². The molecule has 0 N–H and O–H groups in total. The quantitative estimate of drug-likeness (QED) is 0.442. The SMILES string of the molecule is C=CC(=O)CCOS(=O)(=O)CC(=O)C=C. The van der Waals surface area contributed by atoms with Crippen LogP contribution in [0.3, 0.4) is 0 Å². The fourth-order valence-corrected chi connectivity index (χ4v) is 1.53. The van der Waals surface area contributed by atoms with Crippen molar-refractivity contribution in [3.05, 3.63) is 25.3 Å². The molecule has 0 atom stereocenters. The maximum atomic E-state index is 11.0. The molecular formula is C9H12O5S. The fourth-order valence-electron chi connectivity index (χ4n) is 0.646. The van der Waals surface area contributed by atoms with E-state index in [0.717, 1.165) is 12.2 Å². The van der Waals surface area contributed by atoms with Gasteiger partial charge in [-0.25, -0.2) is 0 Å². The van der Waals surface area contributed by atoms with Crippen LogP contribution in [0.1, 0.15) is 6.42 Å². The summed E-state index contributed by atoms with van der Waals surface area (Å²) in [7, 11) is -3.90. The van der Waals surface area contributed by atoms with Crippen molar-refractivity contribution in [2.75, 3.05) is 12.4 Å². The zero-order valence-corrected chi connectivity index (χ0v) is 8.96. The van der Waals surface area contributed by atoms with Crippen LogP contribution in [0.4, 0.5) is 0 Å². The first-order valence-corrected chi connectivity index (χ1v) is 5.66. The Morgan fingerprint density at radius 2 is 1.67 bits per heavy atom. The van der Waals surface area contributed by atoms with Crippen LogP contribution in [0.15, 0.2) is 25.3 Å². The zero-order chi connectivity index (χ0) is 11.9. The third-order valence-corrected chi connectivity index (χ3v) is 2.55. The third kappa shape index (κ3) is 6.75. The molecule has 0 rings (SSSR count). The van der Waals surface area contributed by atoms with E-state index >= 15 is 0 Å². The minimum atomic E-state index is -3.90. The summed E-state index contributed by atoms with van der Waals surface area (Å²) in [4.78, 5) is 21.4. The van der Waals surface area contributed by atoms with Gasteiger partial charge < -0.3 is 0 Å². The van der Waals surface area contributed by atoms with E-state index in [0.29, 0.717) is 0 Å². The first-order chi connectivity index (χ1) is 6.91. The summed E-state index contributed by atoms with van der Waals surface area (Å²) in [5, 5.41) is 0. The average Bonchev–Trinajstić information content (AvgIpc) is 2.16. The van der Waals surface area contributed by atoms with E-state index in [1.165, 1.54) is 0 Å². The zero-order valence-electron chi connectivity index (χ0n) is 8.14. The predicted octanol–water partition coefficient (Wildman–Crippen LogP) is 0.233. The lowest BCUT2D eigenvalue weighted by molar-refractivity contribution is -0.115. The number of hydrogen-bond donors (Lipinski definition) is 0. The summed E-state index contributed by atoms with van der Waals surface area (Å²) in [5.74, 6) is -1.72. The molecule has 0 fully saturated rings. The Morgan fingerprint density at radius 1 is 1.13 bits per heavy atom. The van der Waals surface area contributed by atoms with Crippen LogP contribution >= 0.6 is 0 Å². The molecule has 0 heterocycles. The summed E-state index contributed by atoms with van der Waals surface area (Å²) in [6.45, 7) is 6.06. The molecule has 0 saturated carbocycles. The number of ketones is 2. The molecule has 0 aromatic rings. The topological polar surface area (TPSA) is 77.5 Å². The molecule has 6 heteroatoms. The molecule has 0 aromatic carbocycles. The Kier molecular flexibility index (Phi) is 5.73. The van der Waals surface area contributed by atoms with E-state index in [1.54, 1.807) is 0 Å². The van der Waals surface area contributed by atoms with E-state index in [2.05, 4.69) is 17.3 Å². The van der Waals surface area contributed by atoms with Crippen molar-refractivity contribution >= 4 is 21.7 Å². The number of hydrogen-bond acceptors (Lipinski definition) is 5. The van der Waals surface area contributed by atoms with Gasteiger partial charge in [0.05, 0.1) is 6.61 Å². The average molecular weight is 232 g/mol. The first-order valence-electron chi connectivity index (χ1n) is 4.09. The predicted molar refractivity (Wildman–Crippen MR) is 54.8 cm³/mol. The van der Waals surface area contributed by atoms with Gasteiger partial charge in [0.1, 0.15) is 5.75 Å². The second-order valence-corrected chi connectivity index (χ2v) is 4.25. The lowest BCUT2D eigenvalue weighted by atomic mass is 10.3. The van der Waals surface area contributed by atoms with Crippen LogP contribution in [0.25, 0.3) is 0 Å². The second-order valence-electron chi connectivity index (χ2n) is 2.61. The van der Waals surface area contributed by atoms with Gasteiger partial charge in [-0.15, -0.1) is 0 Å². The van der Waals surface area contributed by atoms with Crippen LogP contribution in [-0.4, -0.2) is 32.3 Å². The Hall–Kier alpha value is -1.27. The molecule has 0 aliphatic carbocycles. The highest BCUT2D eigenvalue weighted by atomic mass is 32.2. The maximum absolute atomic E-state index is 11.0. The monoisotopic (exact) mass is 232 g/mol. The van der Waals surface area contributed by atoms with E-state index in [9.17, 15) is 18.0 Å². The van der Waals surface area contributed by atoms with Crippen molar-refractivity contribution in [1.82, 2.24) is 0 Å². The van der Waals surface area contributed by atoms with Crippen molar-refractivity contribution < 1.29 is 22.2 Å². The van der Waals surface area contributed by atoms with Gasteiger partial charge in [-0.2, -0.15) is 8.42 Å². The Morgan fingerprint density at radius 3 is 2.13 bits per heavy atom. The summed E-state index contributed by atoms with van der Waals surface area (Å²) in [6.07, 6.45) is 1.89. The summed E-state index contributed by atoms with van der Waals surface area (Å²) >= 11 is 0. The molecule has 0 unspecified atom stereocenters. The van der Waals surface area contributed by atoms with Gasteiger partial charge in [0.15, 0.2) is 11.6 Å². The molecule has 15 heavy (non-hydrogen) atoms. The van der Waals surface area contributed by atoms with Gasteiger partial charge in [0.2, 0.25) is 0 Å². The standard InChI is InChI=1S/C9H12O5S/c1-3-8(10)5-6-14-15(12,13)7-9(11)4-2/h3-4H,1-2,5-7H2. The Bertz CT molecular complexity index is 366. The van der Waals surface area contributed by atoms with E-state index in [-0.39, 0.29) is 18.8 Å². The minimum absolute atomic E-state index is 0.0784. The van der Waals surface area contributed by atoms with E-state index in [1.807, 2.05) is 0 Å². The van der Waals surface area contributed by atoms with Gasteiger partial charge in [-0.05, 0) is 12.2 Å². The van der Waals surface area contributed by atoms with Gasteiger partial charge in [-0.3, -0.25) is 13.8 Å². The van der Waals surface area contributed by atoms with Crippen LogP contribution in [0.2, 0.25) is 0 Å². The van der Waals surface area contributed by atoms with Gasteiger partial charge in [0, 0.05) is 6.42 Å². The number of allylic oxidation sites excluding steroid dienone is 2. The van der Waals surface area contributed by atoms with Crippen LogP contribution in [0, 0.1) is 0 Å². The van der Waals surface area contributed by atoms with Crippen molar-refractivity contribution in [2.24, 2.45) is 0 Å². The molecule has 5 nitrogen and oxygen atoms in total. The molecule has 0 bridgehead atoms. The third-order valence-electron chi connectivity index (χ3n) is 1.39. The van der Waals surface area contributed by atoms with Crippen LogP contribution < -0.4 is 0 Å². The van der Waals surface area contributed by atoms with E-state index in [4.69, 9.17) is 0 Å². The van der Waals surface area contributed by atoms with Gasteiger partial charge in [0.25, 0.3) is 10.1 Å². The first kappa shape index (κ1) is 13.7. The molecule has 0 aliphatic heterocycles. The summed E-state index contributed by atoms with van der Waals surface area (Å²) in [6, 6.07) is 0. The van der Waals surface area contributed by atoms with Crippen molar-refractivity contribution in [3.63, 3.8) is 0 Å². The minimum Gasteiger partial charge on any atom is -0.295 e. The molecular weight excluding hydrogens is 220 g/mol. The van der Waals surface area contributed by atoms with Gasteiger partial charge >= 0.3 is 0 Å². The number of carbonyl (C=O) groups excluding carboxylic acids is 2. The van der Waals surface area contributed by atoms with Crippen LogP contribution in [-0.2, 0) is 23.9 Å². The fraction of sp³-hybridized carbons (Fsp3) is 0.333. The summed E-state index contributed by atoms with van der Waals surface area (Å²) in [5.41, 5.74) is 0. The molecule has 0 saturated heterocycles. The Labute approximate surface area is 88.6 Å². The molecule has 0 spiro atoms. The lowest BCUT2D eigenvalue weighted by Gasteiger charge is -2.01. The second kappa shape index (κ2) is 6.26. The largest absolute Gasteiger partial charge is 0.295 e.